The third-order valence-corrected chi connectivity index (χ3v) is 7.76. The number of nitro benzene ring substituents is 1. The molecule has 2 aromatic rings. The van der Waals surface area contributed by atoms with Crippen LogP contribution in [0.4, 0.5) is 11.4 Å². The zero-order valence-electron chi connectivity index (χ0n) is 17.9. The lowest BCUT2D eigenvalue weighted by molar-refractivity contribution is -0.384. The minimum absolute atomic E-state index is 0.144. The van der Waals surface area contributed by atoms with Gasteiger partial charge in [0, 0.05) is 21.3 Å². The molecule has 0 saturated carbocycles. The molecule has 0 radical (unpaired) electrons. The molecule has 32 heavy (non-hydrogen) atoms. The van der Waals surface area contributed by atoms with E-state index in [0.29, 0.717) is 0 Å². The molecular formula is C18H24N4O7P2S. The van der Waals surface area contributed by atoms with Gasteiger partial charge < -0.3 is 23.6 Å². The lowest BCUT2D eigenvalue weighted by Crippen LogP contribution is -2.08. The van der Waals surface area contributed by atoms with Gasteiger partial charge in [0.2, 0.25) is 0 Å². The van der Waals surface area contributed by atoms with Crippen LogP contribution in [-0.2, 0) is 13.6 Å². The highest BCUT2D eigenvalue weighted by molar-refractivity contribution is 8.42. The van der Waals surface area contributed by atoms with E-state index in [9.17, 15) is 14.7 Å². The number of hydrogen-bond donors (Lipinski definition) is 2. The molecule has 0 aliphatic carbocycles. The summed E-state index contributed by atoms with van der Waals surface area (Å²) in [6.45, 7) is 0. The highest BCUT2D eigenvalue weighted by Gasteiger charge is 2.24. The molecule has 0 spiro atoms. The van der Waals surface area contributed by atoms with Crippen LogP contribution in [0.5, 0.6) is 11.5 Å². The minimum Gasteiger partial charge on any atom is -0.497 e. The third kappa shape index (κ3) is 7.36. The van der Waals surface area contributed by atoms with E-state index in [2.05, 4.69) is 22.7 Å². The molecule has 0 bridgehead atoms. The molecule has 2 aromatic carbocycles. The minimum atomic E-state index is -3.39. The second-order valence-corrected chi connectivity index (χ2v) is 10.7. The average molecular weight is 502 g/mol. The predicted octanol–water partition coefficient (Wildman–Crippen LogP) is 4.96. The van der Waals surface area contributed by atoms with Gasteiger partial charge in [0.05, 0.1) is 24.3 Å². The first-order chi connectivity index (χ1) is 15.2. The Morgan fingerprint density at radius 2 is 1.81 bits per heavy atom. The van der Waals surface area contributed by atoms with E-state index in [-0.39, 0.29) is 23.4 Å². The molecule has 0 heterocycles. The number of rotatable bonds is 12. The van der Waals surface area contributed by atoms with E-state index in [1.54, 1.807) is 20.4 Å². The fraction of sp³-hybridized carbons (Fsp3) is 0.278. The number of ether oxygens (including phenoxy) is 1. The molecule has 0 saturated heterocycles. The molecular weight excluding hydrogens is 478 g/mol. The van der Waals surface area contributed by atoms with Crippen LogP contribution < -0.4 is 14.6 Å². The monoisotopic (exact) mass is 502 g/mol. The van der Waals surface area contributed by atoms with E-state index in [1.807, 2.05) is 24.3 Å². The molecule has 0 aliphatic rings. The Labute approximate surface area is 192 Å². The molecule has 2 rings (SSSR count). The zero-order chi connectivity index (χ0) is 23.7. The number of benzene rings is 2. The number of hydrazone groups is 1. The topological polar surface area (TPSA) is 125 Å². The molecule has 0 amide bonds. The Balaban J connectivity index is 2.07. The first kappa shape index (κ1) is 25.9. The van der Waals surface area contributed by atoms with Crippen LogP contribution in [-0.4, -0.2) is 50.6 Å². The number of hydrogen-bond acceptors (Lipinski definition) is 11. The normalized spacial score (nSPS) is 12.4. The SMILES string of the molecule is COc1ccc(/C=N/N(C)P(S)Oc2ccc(NCP(=O)(OC)OC)c([N+](=O)[O-])c2)cc1. The van der Waals surface area contributed by atoms with Gasteiger partial charge in [-0.2, -0.15) is 5.10 Å². The van der Waals surface area contributed by atoms with Gasteiger partial charge in [0.15, 0.2) is 0 Å². The van der Waals surface area contributed by atoms with Gasteiger partial charge in [0.1, 0.15) is 23.5 Å². The van der Waals surface area contributed by atoms with E-state index in [1.165, 1.54) is 37.2 Å². The van der Waals surface area contributed by atoms with Crippen molar-refractivity contribution in [2.75, 3.05) is 40.0 Å². The molecule has 0 aliphatic heterocycles. The van der Waals surface area contributed by atoms with Crippen molar-refractivity contribution in [1.82, 2.24) is 4.78 Å². The maximum absolute atomic E-state index is 12.2. The smallest absolute Gasteiger partial charge is 0.349 e. The van der Waals surface area contributed by atoms with Crippen molar-refractivity contribution in [2.24, 2.45) is 5.10 Å². The zero-order valence-corrected chi connectivity index (χ0v) is 20.6. The molecule has 1 N–H and O–H groups in total. The largest absolute Gasteiger partial charge is 0.497 e. The fourth-order valence-electron chi connectivity index (χ4n) is 2.29. The van der Waals surface area contributed by atoms with Gasteiger partial charge in [-0.15, -0.1) is 0 Å². The molecule has 1 unspecified atom stereocenters. The Kier molecular flexibility index (Phi) is 9.74. The van der Waals surface area contributed by atoms with Crippen molar-refractivity contribution in [2.45, 2.75) is 0 Å². The summed E-state index contributed by atoms with van der Waals surface area (Å²) in [5.74, 6) is 0.971. The summed E-state index contributed by atoms with van der Waals surface area (Å²) in [5, 5.41) is 18.5. The number of nitro groups is 1. The van der Waals surface area contributed by atoms with E-state index in [4.69, 9.17) is 18.3 Å². The number of nitrogens with one attached hydrogen (secondary N) is 1. The van der Waals surface area contributed by atoms with E-state index >= 15 is 0 Å². The summed E-state index contributed by atoms with van der Waals surface area (Å²) < 4.78 is 34.1. The molecule has 0 aromatic heterocycles. The van der Waals surface area contributed by atoms with Gasteiger partial charge in [-0.3, -0.25) is 14.7 Å². The van der Waals surface area contributed by atoms with Crippen LogP contribution in [0, 0.1) is 10.1 Å². The van der Waals surface area contributed by atoms with Gasteiger partial charge in [-0.1, -0.05) is 12.2 Å². The first-order valence-corrected chi connectivity index (χ1v) is 13.1. The number of thiol groups is 1. The van der Waals surface area contributed by atoms with Gasteiger partial charge >= 0.3 is 7.60 Å². The van der Waals surface area contributed by atoms with Gasteiger partial charge in [-0.05, 0) is 42.0 Å². The molecule has 14 heteroatoms. The first-order valence-electron chi connectivity index (χ1n) is 9.03. The van der Waals surface area contributed by atoms with Crippen molar-refractivity contribution in [3.8, 4) is 11.5 Å². The maximum Gasteiger partial charge on any atom is 0.349 e. The van der Waals surface area contributed by atoms with Crippen LogP contribution in [0.25, 0.3) is 0 Å². The summed E-state index contributed by atoms with van der Waals surface area (Å²) in [6.07, 6.45) is 1.40. The standard InChI is InChI=1S/C18H24N4O7P2S/c1-21(20-12-14-5-7-15(26-2)8-6-14)30(32)29-16-9-10-17(18(11-16)22(23)24)19-13-31(25,27-3)28-4/h5-12,19,32H,13H2,1-4H3/b20-12+. The maximum atomic E-state index is 12.2. The van der Waals surface area contributed by atoms with Crippen LogP contribution in [0.2, 0.25) is 0 Å². The van der Waals surface area contributed by atoms with E-state index in [0.717, 1.165) is 11.3 Å². The lowest BCUT2D eigenvalue weighted by Gasteiger charge is -2.20. The number of methoxy groups -OCH3 is 1. The Bertz CT molecular complexity index is 986. The number of anilines is 1. The van der Waals surface area contributed by atoms with Crippen molar-refractivity contribution in [3.05, 3.63) is 58.1 Å². The van der Waals surface area contributed by atoms with Crippen molar-refractivity contribution in [1.29, 1.82) is 0 Å². The Morgan fingerprint density at radius 3 is 2.38 bits per heavy atom. The van der Waals surface area contributed by atoms with Gasteiger partial charge in [-0.25, -0.2) is 4.78 Å². The quantitative estimate of drug-likeness (QED) is 0.136. The third-order valence-electron chi connectivity index (χ3n) is 4.11. The Hall–Kier alpha value is -2.36. The Morgan fingerprint density at radius 1 is 1.19 bits per heavy atom. The second kappa shape index (κ2) is 12.0. The lowest BCUT2D eigenvalue weighted by atomic mass is 10.2. The summed E-state index contributed by atoms with van der Waals surface area (Å²) in [5.41, 5.74) is 0.735. The molecule has 1 atom stereocenters. The average Bonchev–Trinajstić information content (AvgIpc) is 2.81. The van der Waals surface area contributed by atoms with Crippen LogP contribution in [0.3, 0.4) is 0 Å². The van der Waals surface area contributed by atoms with Crippen molar-refractivity contribution < 1.29 is 27.8 Å². The fourth-order valence-corrected chi connectivity index (χ4v) is 4.05. The second-order valence-electron chi connectivity index (χ2n) is 6.10. The molecule has 11 nitrogen and oxygen atoms in total. The summed E-state index contributed by atoms with van der Waals surface area (Å²) >= 11 is 4.41. The summed E-state index contributed by atoms with van der Waals surface area (Å²) in [4.78, 5) is 10.9. The predicted molar refractivity (Wildman–Crippen MR) is 128 cm³/mol. The van der Waals surface area contributed by atoms with Crippen molar-refractivity contribution >= 4 is 44.9 Å². The van der Waals surface area contributed by atoms with Crippen LogP contribution in [0.1, 0.15) is 5.56 Å². The number of nitrogens with zero attached hydrogens (tertiary/aromatic N) is 3. The van der Waals surface area contributed by atoms with Crippen LogP contribution in [0.15, 0.2) is 47.6 Å². The van der Waals surface area contributed by atoms with Crippen molar-refractivity contribution in [3.63, 3.8) is 0 Å². The molecule has 174 valence electrons. The summed E-state index contributed by atoms with van der Waals surface area (Å²) in [7, 11) is 0.834. The van der Waals surface area contributed by atoms with E-state index < -0.39 is 20.0 Å². The highest BCUT2D eigenvalue weighted by atomic mass is 32.7. The van der Waals surface area contributed by atoms with Gasteiger partial charge in [0.25, 0.3) is 13.2 Å². The van der Waals surface area contributed by atoms with Crippen LogP contribution >= 0.6 is 27.3 Å². The highest BCUT2D eigenvalue weighted by Crippen LogP contribution is 2.48. The molecule has 0 fully saturated rings. The summed E-state index contributed by atoms with van der Waals surface area (Å²) in [6, 6.07) is 11.5.